The van der Waals surface area contributed by atoms with Crippen LogP contribution in [0.1, 0.15) is 19.3 Å². The second-order valence-corrected chi connectivity index (χ2v) is 7.63. The number of hydrogen-bond acceptors (Lipinski definition) is 6. The Hall–Kier alpha value is -3.13. The van der Waals surface area contributed by atoms with Crippen LogP contribution in [-0.2, 0) is 4.79 Å². The Balaban J connectivity index is 1.60. The number of aromatic nitrogens is 2. The van der Waals surface area contributed by atoms with Crippen LogP contribution < -0.4 is 14.8 Å². The predicted molar refractivity (Wildman–Crippen MR) is 117 cm³/mol. The van der Waals surface area contributed by atoms with Gasteiger partial charge in [0.15, 0.2) is 18.1 Å². The van der Waals surface area contributed by atoms with E-state index in [0.717, 1.165) is 32.4 Å². The maximum Gasteiger partial charge on any atom is 0.260 e. The lowest BCUT2D eigenvalue weighted by molar-refractivity contribution is -0.134. The highest BCUT2D eigenvalue weighted by Crippen LogP contribution is 2.35. The maximum atomic E-state index is 13.5. The first-order valence-electron chi connectivity index (χ1n) is 10.0. The number of carbonyl (C=O) groups is 1. The first-order valence-corrected chi connectivity index (χ1v) is 10.4. The van der Waals surface area contributed by atoms with E-state index in [1.807, 2.05) is 4.90 Å². The molecule has 1 amide bonds. The molecule has 0 bridgehead atoms. The van der Waals surface area contributed by atoms with Gasteiger partial charge >= 0.3 is 0 Å². The molecule has 1 saturated heterocycles. The average molecular weight is 445 g/mol. The molecule has 3 aromatic rings. The number of amides is 1. The average Bonchev–Trinajstić information content (AvgIpc) is 2.80. The molecule has 0 atom stereocenters. The summed E-state index contributed by atoms with van der Waals surface area (Å²) in [4.78, 5) is 22.9. The van der Waals surface area contributed by atoms with E-state index in [1.165, 1.54) is 25.6 Å². The standard InChI is InChI=1S/C22H22ClFN4O3/c1-30-19-11-18-15(10-20(19)31-12-21(29)28-7-3-2-4-8-28)22(26-13-25-18)27-14-5-6-17(24)16(23)9-14/h5-6,9-11,13H,2-4,7-8,12H2,1H3,(H,25,26,27). The summed E-state index contributed by atoms with van der Waals surface area (Å²) >= 11 is 5.88. The van der Waals surface area contributed by atoms with Gasteiger partial charge in [-0.1, -0.05) is 11.6 Å². The fraction of sp³-hybridized carbons (Fsp3) is 0.318. The third-order valence-corrected chi connectivity index (χ3v) is 5.45. The molecule has 1 aromatic heterocycles. The van der Waals surface area contributed by atoms with Crippen molar-refractivity contribution in [1.82, 2.24) is 14.9 Å². The van der Waals surface area contributed by atoms with E-state index in [1.54, 1.807) is 18.2 Å². The van der Waals surface area contributed by atoms with Crippen LogP contribution in [0.2, 0.25) is 5.02 Å². The van der Waals surface area contributed by atoms with Gasteiger partial charge in [-0.25, -0.2) is 14.4 Å². The zero-order valence-electron chi connectivity index (χ0n) is 17.0. The Morgan fingerprint density at radius 1 is 1.16 bits per heavy atom. The van der Waals surface area contributed by atoms with Crippen molar-refractivity contribution in [1.29, 1.82) is 0 Å². The quantitative estimate of drug-likeness (QED) is 0.600. The van der Waals surface area contributed by atoms with Gasteiger partial charge in [0.1, 0.15) is 18.0 Å². The Kier molecular flexibility index (Phi) is 6.36. The van der Waals surface area contributed by atoms with Crippen LogP contribution in [0, 0.1) is 5.82 Å². The minimum atomic E-state index is -0.501. The van der Waals surface area contributed by atoms with Gasteiger partial charge in [-0.2, -0.15) is 0 Å². The van der Waals surface area contributed by atoms with Crippen molar-refractivity contribution in [2.24, 2.45) is 0 Å². The molecule has 0 saturated carbocycles. The summed E-state index contributed by atoms with van der Waals surface area (Å²) in [5.74, 6) is 0.815. The fourth-order valence-electron chi connectivity index (χ4n) is 3.52. The SMILES string of the molecule is COc1cc2ncnc(Nc3ccc(F)c(Cl)c3)c2cc1OCC(=O)N1CCCCC1. The van der Waals surface area contributed by atoms with Crippen LogP contribution in [0.4, 0.5) is 15.9 Å². The van der Waals surface area contributed by atoms with Crippen molar-refractivity contribution in [3.63, 3.8) is 0 Å². The molecular weight excluding hydrogens is 423 g/mol. The van der Waals surface area contributed by atoms with Crippen LogP contribution in [0.25, 0.3) is 10.9 Å². The summed E-state index contributed by atoms with van der Waals surface area (Å²) in [6, 6.07) is 7.76. The smallest absolute Gasteiger partial charge is 0.260 e. The largest absolute Gasteiger partial charge is 0.493 e. The number of anilines is 2. The molecule has 0 aliphatic carbocycles. The Morgan fingerprint density at radius 2 is 1.97 bits per heavy atom. The third-order valence-electron chi connectivity index (χ3n) is 5.16. The van der Waals surface area contributed by atoms with Crippen LogP contribution >= 0.6 is 11.6 Å². The molecule has 0 radical (unpaired) electrons. The highest BCUT2D eigenvalue weighted by molar-refractivity contribution is 6.31. The van der Waals surface area contributed by atoms with E-state index in [2.05, 4.69) is 15.3 Å². The van der Waals surface area contributed by atoms with E-state index in [0.29, 0.717) is 33.9 Å². The van der Waals surface area contributed by atoms with E-state index >= 15 is 0 Å². The van der Waals surface area contributed by atoms with Crippen molar-refractivity contribution in [2.45, 2.75) is 19.3 Å². The zero-order valence-corrected chi connectivity index (χ0v) is 17.8. The highest BCUT2D eigenvalue weighted by atomic mass is 35.5. The summed E-state index contributed by atoms with van der Waals surface area (Å²) in [5.41, 5.74) is 1.20. The van der Waals surface area contributed by atoms with Gasteiger partial charge in [0, 0.05) is 30.2 Å². The molecule has 1 aliphatic rings. The van der Waals surface area contributed by atoms with Gasteiger partial charge in [-0.15, -0.1) is 0 Å². The van der Waals surface area contributed by atoms with Gasteiger partial charge in [-0.05, 0) is 43.5 Å². The van der Waals surface area contributed by atoms with Crippen LogP contribution in [0.15, 0.2) is 36.7 Å². The third kappa shape index (κ3) is 4.80. The molecule has 162 valence electrons. The second-order valence-electron chi connectivity index (χ2n) is 7.23. The monoisotopic (exact) mass is 444 g/mol. The van der Waals surface area contributed by atoms with Gasteiger partial charge < -0.3 is 19.7 Å². The van der Waals surface area contributed by atoms with Crippen LogP contribution in [-0.4, -0.2) is 47.6 Å². The predicted octanol–water partition coefficient (Wildman–Crippen LogP) is 4.57. The van der Waals surface area contributed by atoms with E-state index in [4.69, 9.17) is 21.1 Å². The van der Waals surface area contributed by atoms with E-state index < -0.39 is 5.82 Å². The minimum absolute atomic E-state index is 0.00489. The molecule has 2 aromatic carbocycles. The molecule has 2 heterocycles. The zero-order chi connectivity index (χ0) is 21.8. The Labute approximate surface area is 184 Å². The normalized spacial score (nSPS) is 13.8. The number of halogens is 2. The van der Waals surface area contributed by atoms with E-state index in [-0.39, 0.29) is 17.5 Å². The molecule has 1 N–H and O–H groups in total. The molecule has 0 unspecified atom stereocenters. The van der Waals surface area contributed by atoms with Gasteiger partial charge in [0.05, 0.1) is 17.6 Å². The number of carbonyl (C=O) groups excluding carboxylic acids is 1. The van der Waals surface area contributed by atoms with Gasteiger partial charge in [0.2, 0.25) is 0 Å². The van der Waals surface area contributed by atoms with Crippen molar-refractivity contribution in [3.8, 4) is 11.5 Å². The first-order chi connectivity index (χ1) is 15.0. The number of nitrogens with zero attached hydrogens (tertiary/aromatic N) is 3. The summed E-state index contributed by atoms with van der Waals surface area (Å²) in [7, 11) is 1.53. The number of nitrogens with one attached hydrogen (secondary N) is 1. The topological polar surface area (TPSA) is 76.6 Å². The number of fused-ring (bicyclic) bond motifs is 1. The van der Waals surface area contributed by atoms with Gasteiger partial charge in [0.25, 0.3) is 5.91 Å². The fourth-order valence-corrected chi connectivity index (χ4v) is 3.70. The molecule has 9 heteroatoms. The number of hydrogen-bond donors (Lipinski definition) is 1. The number of ether oxygens (including phenoxy) is 2. The Morgan fingerprint density at radius 3 is 2.71 bits per heavy atom. The number of rotatable bonds is 6. The lowest BCUT2D eigenvalue weighted by Crippen LogP contribution is -2.38. The molecule has 4 rings (SSSR count). The molecule has 1 fully saturated rings. The van der Waals surface area contributed by atoms with Crippen molar-refractivity contribution < 1.29 is 18.7 Å². The molecular formula is C22H22ClFN4O3. The van der Waals surface area contributed by atoms with Gasteiger partial charge in [-0.3, -0.25) is 4.79 Å². The van der Waals surface area contributed by atoms with Crippen LogP contribution in [0.3, 0.4) is 0 Å². The lowest BCUT2D eigenvalue weighted by atomic mass is 10.1. The molecule has 31 heavy (non-hydrogen) atoms. The summed E-state index contributed by atoms with van der Waals surface area (Å²) in [6.07, 6.45) is 4.60. The van der Waals surface area contributed by atoms with Crippen molar-refractivity contribution >= 4 is 39.9 Å². The maximum absolute atomic E-state index is 13.5. The van der Waals surface area contributed by atoms with E-state index in [9.17, 15) is 9.18 Å². The minimum Gasteiger partial charge on any atom is -0.493 e. The number of piperidine rings is 1. The Bertz CT molecular complexity index is 1110. The summed E-state index contributed by atoms with van der Waals surface area (Å²) in [5, 5.41) is 3.78. The number of methoxy groups -OCH3 is 1. The number of likely N-dealkylation sites (tertiary alicyclic amines) is 1. The molecule has 1 aliphatic heterocycles. The highest BCUT2D eigenvalue weighted by Gasteiger charge is 2.18. The summed E-state index contributed by atoms with van der Waals surface area (Å²) in [6.45, 7) is 1.45. The molecule has 7 nitrogen and oxygen atoms in total. The number of benzene rings is 2. The first kappa shape index (κ1) is 21.1. The van der Waals surface area contributed by atoms with Crippen LogP contribution in [0.5, 0.6) is 11.5 Å². The van der Waals surface area contributed by atoms with Crippen molar-refractivity contribution in [2.75, 3.05) is 32.1 Å². The lowest BCUT2D eigenvalue weighted by Gasteiger charge is -2.26. The second kappa shape index (κ2) is 9.34. The summed E-state index contributed by atoms with van der Waals surface area (Å²) < 4.78 is 24.7. The molecule has 0 spiro atoms. The van der Waals surface area contributed by atoms with Crippen molar-refractivity contribution in [3.05, 3.63) is 47.5 Å².